The highest BCUT2D eigenvalue weighted by Gasteiger charge is 2.38. The van der Waals surface area contributed by atoms with E-state index in [0.717, 1.165) is 14.5 Å². The molecule has 12 heteroatoms. The zero-order valence-corrected chi connectivity index (χ0v) is 15.8. The number of benzene rings is 1. The fourth-order valence-corrected chi connectivity index (χ4v) is 3.07. The van der Waals surface area contributed by atoms with Crippen molar-refractivity contribution >= 4 is 23.5 Å². The SMILES string of the molecule is O=C(NCc1ccccn1)c1cn(-n2cc(N3C(=O)c4ccccc4C3=O)nn2)nn1. The summed E-state index contributed by atoms with van der Waals surface area (Å²) in [6, 6.07) is 11.9. The molecule has 12 nitrogen and oxygen atoms in total. The number of nitrogens with zero attached hydrogens (tertiary/aromatic N) is 8. The Hall–Kier alpha value is -4.74. The Morgan fingerprint density at radius 3 is 2.26 bits per heavy atom. The van der Waals surface area contributed by atoms with Crippen LogP contribution >= 0.6 is 0 Å². The zero-order valence-electron chi connectivity index (χ0n) is 15.8. The molecule has 0 aliphatic carbocycles. The molecule has 152 valence electrons. The van der Waals surface area contributed by atoms with Gasteiger partial charge in [0.15, 0.2) is 11.5 Å². The first-order valence-corrected chi connectivity index (χ1v) is 9.13. The summed E-state index contributed by atoms with van der Waals surface area (Å²) in [5.74, 6) is -1.39. The van der Waals surface area contributed by atoms with Crippen LogP contribution in [0.1, 0.15) is 36.9 Å². The van der Waals surface area contributed by atoms with Gasteiger partial charge in [0.2, 0.25) is 0 Å². The third-order valence-electron chi connectivity index (χ3n) is 4.57. The summed E-state index contributed by atoms with van der Waals surface area (Å²) in [6.07, 6.45) is 4.31. The summed E-state index contributed by atoms with van der Waals surface area (Å²) in [5, 5.41) is 18.1. The Labute approximate surface area is 174 Å². The molecule has 1 aromatic carbocycles. The lowest BCUT2D eigenvalue weighted by Gasteiger charge is -2.08. The molecule has 1 N–H and O–H groups in total. The van der Waals surface area contributed by atoms with Crippen molar-refractivity contribution in [3.63, 3.8) is 0 Å². The number of aromatic nitrogens is 7. The minimum atomic E-state index is -0.485. The molecular formula is C19H13N9O3. The van der Waals surface area contributed by atoms with Gasteiger partial charge < -0.3 is 5.32 Å². The Balaban J connectivity index is 1.32. The van der Waals surface area contributed by atoms with Gasteiger partial charge in [-0.15, -0.1) is 19.8 Å². The number of nitrogens with one attached hydrogen (secondary N) is 1. The lowest BCUT2D eigenvalue weighted by molar-refractivity contribution is 0.0920. The van der Waals surface area contributed by atoms with E-state index in [2.05, 4.69) is 30.9 Å². The first kappa shape index (κ1) is 18.3. The second-order valence-corrected chi connectivity index (χ2v) is 6.52. The number of hydrogen-bond donors (Lipinski definition) is 1. The largest absolute Gasteiger partial charge is 0.345 e. The molecule has 3 aromatic heterocycles. The van der Waals surface area contributed by atoms with Crippen molar-refractivity contribution < 1.29 is 14.4 Å². The van der Waals surface area contributed by atoms with Gasteiger partial charge in [-0.05, 0) is 34.7 Å². The maximum atomic E-state index is 12.6. The molecule has 3 amide bonds. The van der Waals surface area contributed by atoms with Gasteiger partial charge in [-0.25, -0.2) is 4.90 Å². The van der Waals surface area contributed by atoms with Crippen LogP contribution in [0.3, 0.4) is 0 Å². The molecule has 0 radical (unpaired) electrons. The number of pyridine rings is 1. The summed E-state index contributed by atoms with van der Waals surface area (Å²) < 4.78 is 0. The van der Waals surface area contributed by atoms with Gasteiger partial charge in [-0.2, -0.15) is 0 Å². The molecule has 0 fully saturated rings. The van der Waals surface area contributed by atoms with Crippen LogP contribution in [0, 0.1) is 0 Å². The van der Waals surface area contributed by atoms with Crippen LogP contribution in [0.15, 0.2) is 61.1 Å². The van der Waals surface area contributed by atoms with Crippen molar-refractivity contribution in [3.05, 3.63) is 83.6 Å². The van der Waals surface area contributed by atoms with Crippen molar-refractivity contribution in [2.45, 2.75) is 6.54 Å². The van der Waals surface area contributed by atoms with Crippen LogP contribution in [0.2, 0.25) is 0 Å². The molecule has 0 atom stereocenters. The highest BCUT2D eigenvalue weighted by molar-refractivity contribution is 6.34. The summed E-state index contributed by atoms with van der Waals surface area (Å²) in [7, 11) is 0. The summed E-state index contributed by atoms with van der Waals surface area (Å²) in [6.45, 7) is 0.236. The molecule has 1 aliphatic heterocycles. The number of amides is 3. The third-order valence-corrected chi connectivity index (χ3v) is 4.57. The van der Waals surface area contributed by atoms with Crippen molar-refractivity contribution in [2.75, 3.05) is 4.90 Å². The van der Waals surface area contributed by atoms with Crippen molar-refractivity contribution in [1.82, 2.24) is 40.5 Å². The molecule has 4 heterocycles. The maximum Gasteiger partial charge on any atom is 0.273 e. The molecule has 0 spiro atoms. The molecule has 0 unspecified atom stereocenters. The molecule has 0 bridgehead atoms. The molecule has 4 aromatic rings. The fourth-order valence-electron chi connectivity index (χ4n) is 3.07. The van der Waals surface area contributed by atoms with E-state index < -0.39 is 17.7 Å². The van der Waals surface area contributed by atoms with Crippen molar-refractivity contribution in [1.29, 1.82) is 0 Å². The highest BCUT2D eigenvalue weighted by Crippen LogP contribution is 2.26. The standard InChI is InChI=1S/C19H13N9O3/c29-17(21-9-12-5-3-4-8-20-12)15-10-26(24-22-15)27-11-16(23-25-27)28-18(30)13-6-1-2-7-14(13)19(28)31/h1-8,10-11H,9H2,(H,21,29). The van der Waals surface area contributed by atoms with Gasteiger partial charge in [0.05, 0.1) is 35.8 Å². The molecule has 0 saturated carbocycles. The number of carbonyl (C=O) groups excluding carboxylic acids is 3. The molecule has 1 aliphatic rings. The quantitative estimate of drug-likeness (QED) is 0.459. The fraction of sp³-hybridized carbons (Fsp3) is 0.0526. The van der Waals surface area contributed by atoms with E-state index in [1.54, 1.807) is 42.6 Å². The topological polar surface area (TPSA) is 141 Å². The van der Waals surface area contributed by atoms with Crippen LogP contribution in [0.25, 0.3) is 0 Å². The van der Waals surface area contributed by atoms with Crippen LogP contribution in [-0.4, -0.2) is 52.9 Å². The van der Waals surface area contributed by atoms with Crippen molar-refractivity contribution in [2.24, 2.45) is 0 Å². The molecular weight excluding hydrogens is 402 g/mol. The minimum Gasteiger partial charge on any atom is -0.345 e. The molecule has 5 rings (SSSR count). The van der Waals surface area contributed by atoms with Crippen LogP contribution in [0.5, 0.6) is 0 Å². The van der Waals surface area contributed by atoms with E-state index in [1.165, 1.54) is 12.4 Å². The smallest absolute Gasteiger partial charge is 0.273 e. The number of imide groups is 1. The average Bonchev–Trinajstić information content (AvgIpc) is 3.52. The van der Waals surface area contributed by atoms with E-state index in [0.29, 0.717) is 16.8 Å². The van der Waals surface area contributed by atoms with Crippen LogP contribution in [0.4, 0.5) is 5.82 Å². The van der Waals surface area contributed by atoms with E-state index in [-0.39, 0.29) is 18.1 Å². The lowest BCUT2D eigenvalue weighted by Crippen LogP contribution is -2.29. The zero-order chi connectivity index (χ0) is 21.4. The predicted octanol–water partition coefficient (Wildman–Crippen LogP) is 0.307. The summed E-state index contributed by atoms with van der Waals surface area (Å²) >= 11 is 0. The normalized spacial score (nSPS) is 12.8. The lowest BCUT2D eigenvalue weighted by atomic mass is 10.1. The first-order valence-electron chi connectivity index (χ1n) is 9.13. The Bertz CT molecular complexity index is 1280. The number of carbonyl (C=O) groups is 3. The Morgan fingerprint density at radius 1 is 0.871 bits per heavy atom. The van der Waals surface area contributed by atoms with Gasteiger partial charge in [0.1, 0.15) is 0 Å². The predicted molar refractivity (Wildman–Crippen MR) is 104 cm³/mol. The van der Waals surface area contributed by atoms with E-state index >= 15 is 0 Å². The van der Waals surface area contributed by atoms with E-state index in [1.807, 2.05) is 6.07 Å². The van der Waals surface area contributed by atoms with Gasteiger partial charge in [0.25, 0.3) is 17.7 Å². The first-order chi connectivity index (χ1) is 15.1. The third kappa shape index (κ3) is 3.21. The summed E-state index contributed by atoms with van der Waals surface area (Å²) in [5.41, 5.74) is 1.35. The van der Waals surface area contributed by atoms with Gasteiger partial charge >= 0.3 is 0 Å². The number of hydrogen-bond acceptors (Lipinski definition) is 8. The summed E-state index contributed by atoms with van der Waals surface area (Å²) in [4.78, 5) is 44.8. The Morgan fingerprint density at radius 2 is 1.55 bits per heavy atom. The van der Waals surface area contributed by atoms with Crippen molar-refractivity contribution in [3.8, 4) is 0 Å². The van der Waals surface area contributed by atoms with Gasteiger partial charge in [-0.1, -0.05) is 18.2 Å². The van der Waals surface area contributed by atoms with Crippen LogP contribution in [-0.2, 0) is 6.54 Å². The molecule has 0 saturated heterocycles. The average molecular weight is 415 g/mol. The molecule has 31 heavy (non-hydrogen) atoms. The van der Waals surface area contributed by atoms with Crippen LogP contribution < -0.4 is 10.2 Å². The minimum absolute atomic E-state index is 0.0304. The maximum absolute atomic E-state index is 12.6. The monoisotopic (exact) mass is 415 g/mol. The number of fused-ring (bicyclic) bond motifs is 1. The van der Waals surface area contributed by atoms with E-state index in [4.69, 9.17) is 0 Å². The second kappa shape index (κ2) is 7.26. The highest BCUT2D eigenvalue weighted by atomic mass is 16.2. The Kier molecular flexibility index (Phi) is 4.28. The second-order valence-electron chi connectivity index (χ2n) is 6.52. The van der Waals surface area contributed by atoms with E-state index in [9.17, 15) is 14.4 Å². The van der Waals surface area contributed by atoms with Gasteiger partial charge in [-0.3, -0.25) is 19.4 Å². The number of anilines is 1. The number of rotatable bonds is 5. The van der Waals surface area contributed by atoms with Gasteiger partial charge in [0, 0.05) is 6.20 Å².